The van der Waals surface area contributed by atoms with Crippen LogP contribution in [-0.2, 0) is 7.05 Å². The minimum atomic E-state index is -0.139. The molecule has 26 heavy (non-hydrogen) atoms. The van der Waals surface area contributed by atoms with Crippen molar-refractivity contribution in [1.29, 1.82) is 0 Å². The molecule has 0 atom stereocenters. The van der Waals surface area contributed by atoms with Crippen LogP contribution < -0.4 is 10.9 Å². The lowest BCUT2D eigenvalue weighted by molar-refractivity contribution is 0.0917. The van der Waals surface area contributed by atoms with Gasteiger partial charge in [0.05, 0.1) is 11.6 Å². The van der Waals surface area contributed by atoms with Gasteiger partial charge in [-0.3, -0.25) is 14.3 Å². The average Bonchev–Trinajstić information content (AvgIpc) is 3.00. The molecule has 1 saturated carbocycles. The molecule has 4 rings (SSSR count). The normalized spacial score (nSPS) is 20.2. The number of carbonyl (C=O) groups excluding carboxylic acids is 1. The molecular weight excluding hydrogens is 330 g/mol. The number of fused-ring (bicyclic) bond motifs is 1. The molecule has 7 nitrogen and oxygen atoms in total. The molecule has 0 spiro atoms. The van der Waals surface area contributed by atoms with Crippen molar-refractivity contribution >= 4 is 16.8 Å². The van der Waals surface area contributed by atoms with Crippen LogP contribution in [0.1, 0.15) is 42.2 Å². The Kier molecular flexibility index (Phi) is 4.28. The lowest BCUT2D eigenvalue weighted by Gasteiger charge is -2.29. The summed E-state index contributed by atoms with van der Waals surface area (Å²) < 4.78 is 3.29. The van der Waals surface area contributed by atoms with Gasteiger partial charge in [-0.05, 0) is 37.8 Å². The van der Waals surface area contributed by atoms with Crippen LogP contribution in [0.4, 0.5) is 0 Å². The summed E-state index contributed by atoms with van der Waals surface area (Å²) >= 11 is 0. The maximum absolute atomic E-state index is 12.7. The SMILES string of the molecule is Cn1nc(C(=O)NC2CCC(n3ncccc3=O)CC2)c2ccccc21. The molecule has 2 aromatic heterocycles. The van der Waals surface area contributed by atoms with E-state index >= 15 is 0 Å². The Hall–Kier alpha value is -2.96. The van der Waals surface area contributed by atoms with Crippen molar-refractivity contribution in [3.63, 3.8) is 0 Å². The van der Waals surface area contributed by atoms with E-state index in [1.165, 1.54) is 6.07 Å². The lowest BCUT2D eigenvalue weighted by Crippen LogP contribution is -2.39. The number of nitrogens with zero attached hydrogens (tertiary/aromatic N) is 4. The summed E-state index contributed by atoms with van der Waals surface area (Å²) in [6.45, 7) is 0. The number of amides is 1. The fourth-order valence-corrected chi connectivity index (χ4v) is 3.74. The van der Waals surface area contributed by atoms with Crippen molar-refractivity contribution in [3.05, 3.63) is 58.6 Å². The van der Waals surface area contributed by atoms with Crippen LogP contribution in [0.3, 0.4) is 0 Å². The van der Waals surface area contributed by atoms with Gasteiger partial charge in [0.2, 0.25) is 0 Å². The lowest BCUT2D eigenvalue weighted by atomic mass is 9.91. The molecule has 0 saturated heterocycles. The third kappa shape index (κ3) is 3.00. The number of carbonyl (C=O) groups is 1. The van der Waals surface area contributed by atoms with Gasteiger partial charge in [0.25, 0.3) is 11.5 Å². The molecule has 1 aromatic carbocycles. The van der Waals surface area contributed by atoms with E-state index in [-0.39, 0.29) is 23.6 Å². The first-order valence-electron chi connectivity index (χ1n) is 8.90. The first-order chi connectivity index (χ1) is 12.6. The van der Waals surface area contributed by atoms with Crippen LogP contribution in [0.25, 0.3) is 10.9 Å². The van der Waals surface area contributed by atoms with Crippen LogP contribution >= 0.6 is 0 Å². The van der Waals surface area contributed by atoms with Crippen molar-refractivity contribution in [3.8, 4) is 0 Å². The Morgan fingerprint density at radius 3 is 2.65 bits per heavy atom. The molecule has 0 aliphatic heterocycles. The standard InChI is InChI=1S/C19H21N5O2/c1-23-16-6-3-2-5-15(16)18(22-23)19(26)21-13-8-10-14(11-9-13)24-17(25)7-4-12-20-24/h2-7,12-14H,8-11H2,1H3,(H,21,26). The highest BCUT2D eigenvalue weighted by Gasteiger charge is 2.26. The van der Waals surface area contributed by atoms with E-state index in [9.17, 15) is 9.59 Å². The molecule has 0 radical (unpaired) electrons. The van der Waals surface area contributed by atoms with Crippen molar-refractivity contribution in [2.75, 3.05) is 0 Å². The minimum Gasteiger partial charge on any atom is -0.348 e. The van der Waals surface area contributed by atoms with Gasteiger partial charge in [-0.15, -0.1) is 0 Å². The summed E-state index contributed by atoms with van der Waals surface area (Å²) in [6.07, 6.45) is 4.94. The summed E-state index contributed by atoms with van der Waals surface area (Å²) in [5, 5.41) is 12.5. The smallest absolute Gasteiger partial charge is 0.272 e. The number of para-hydroxylation sites is 1. The minimum absolute atomic E-state index is 0.0695. The first-order valence-corrected chi connectivity index (χ1v) is 8.90. The van der Waals surface area contributed by atoms with E-state index in [1.807, 2.05) is 31.3 Å². The summed E-state index contributed by atoms with van der Waals surface area (Å²) in [4.78, 5) is 24.6. The van der Waals surface area contributed by atoms with Crippen LogP contribution in [-0.4, -0.2) is 31.5 Å². The monoisotopic (exact) mass is 351 g/mol. The second-order valence-electron chi connectivity index (χ2n) is 6.77. The number of nitrogens with one attached hydrogen (secondary N) is 1. The molecular formula is C19H21N5O2. The molecule has 7 heteroatoms. The molecule has 1 aliphatic rings. The van der Waals surface area contributed by atoms with Gasteiger partial charge in [0.15, 0.2) is 5.69 Å². The summed E-state index contributed by atoms with van der Waals surface area (Å²) in [6, 6.07) is 11.1. The number of hydrogen-bond donors (Lipinski definition) is 1. The summed E-state index contributed by atoms with van der Waals surface area (Å²) in [7, 11) is 1.84. The number of hydrogen-bond acceptors (Lipinski definition) is 4. The van der Waals surface area contributed by atoms with Gasteiger partial charge in [-0.25, -0.2) is 4.68 Å². The zero-order valence-electron chi connectivity index (χ0n) is 14.6. The summed E-state index contributed by atoms with van der Waals surface area (Å²) in [5.74, 6) is -0.139. The summed E-state index contributed by atoms with van der Waals surface area (Å²) in [5.41, 5.74) is 1.34. The first kappa shape index (κ1) is 16.5. The Labute approximate surface area is 150 Å². The molecule has 1 aliphatic carbocycles. The fourth-order valence-electron chi connectivity index (χ4n) is 3.74. The van der Waals surface area contributed by atoms with Crippen LogP contribution in [0.15, 0.2) is 47.4 Å². The van der Waals surface area contributed by atoms with E-state index in [4.69, 9.17) is 0 Å². The van der Waals surface area contributed by atoms with Crippen LogP contribution in [0.2, 0.25) is 0 Å². The van der Waals surface area contributed by atoms with Gasteiger partial charge >= 0.3 is 0 Å². The van der Waals surface area contributed by atoms with E-state index in [0.717, 1.165) is 36.6 Å². The maximum atomic E-state index is 12.7. The molecule has 1 N–H and O–H groups in total. The highest BCUT2D eigenvalue weighted by Crippen LogP contribution is 2.27. The average molecular weight is 351 g/mol. The molecule has 1 amide bonds. The largest absolute Gasteiger partial charge is 0.348 e. The molecule has 1 fully saturated rings. The van der Waals surface area contributed by atoms with Crippen molar-refractivity contribution in [2.24, 2.45) is 7.05 Å². The highest BCUT2D eigenvalue weighted by atomic mass is 16.2. The molecule has 0 bridgehead atoms. The Morgan fingerprint density at radius 2 is 1.88 bits per heavy atom. The van der Waals surface area contributed by atoms with Crippen molar-refractivity contribution < 1.29 is 4.79 Å². The third-order valence-corrected chi connectivity index (χ3v) is 5.09. The maximum Gasteiger partial charge on any atom is 0.272 e. The Balaban J connectivity index is 1.43. The fraction of sp³-hybridized carbons (Fsp3) is 0.368. The van der Waals surface area contributed by atoms with Crippen molar-refractivity contribution in [1.82, 2.24) is 24.9 Å². The molecule has 134 valence electrons. The van der Waals surface area contributed by atoms with E-state index < -0.39 is 0 Å². The Morgan fingerprint density at radius 1 is 1.12 bits per heavy atom. The number of aromatic nitrogens is 4. The van der Waals surface area contributed by atoms with Gasteiger partial charge < -0.3 is 5.32 Å². The van der Waals surface area contributed by atoms with E-state index in [0.29, 0.717) is 5.69 Å². The Bertz CT molecular complexity index is 998. The van der Waals surface area contributed by atoms with Crippen molar-refractivity contribution in [2.45, 2.75) is 37.8 Å². The second kappa shape index (κ2) is 6.74. The number of rotatable bonds is 3. The van der Waals surface area contributed by atoms with Gasteiger partial charge in [-0.1, -0.05) is 18.2 Å². The predicted molar refractivity (Wildman–Crippen MR) is 98.0 cm³/mol. The highest BCUT2D eigenvalue weighted by molar-refractivity contribution is 6.04. The van der Waals surface area contributed by atoms with Crippen LogP contribution in [0, 0.1) is 0 Å². The number of benzene rings is 1. The van der Waals surface area contributed by atoms with Gasteiger partial charge in [0, 0.05) is 30.7 Å². The molecule has 2 heterocycles. The van der Waals surface area contributed by atoms with E-state index in [2.05, 4.69) is 15.5 Å². The number of aryl methyl sites for hydroxylation is 1. The zero-order valence-corrected chi connectivity index (χ0v) is 14.6. The second-order valence-corrected chi connectivity index (χ2v) is 6.77. The zero-order chi connectivity index (χ0) is 18.1. The quantitative estimate of drug-likeness (QED) is 0.783. The third-order valence-electron chi connectivity index (χ3n) is 5.09. The van der Waals surface area contributed by atoms with Gasteiger partial charge in [-0.2, -0.15) is 10.2 Å². The molecule has 0 unspecified atom stereocenters. The topological polar surface area (TPSA) is 81.8 Å². The molecule has 3 aromatic rings. The van der Waals surface area contributed by atoms with Gasteiger partial charge in [0.1, 0.15) is 0 Å². The predicted octanol–water partition coefficient (Wildman–Crippen LogP) is 2.04. The van der Waals surface area contributed by atoms with Crippen LogP contribution in [0.5, 0.6) is 0 Å². The van der Waals surface area contributed by atoms with E-state index in [1.54, 1.807) is 21.6 Å².